The zero-order valence-corrected chi connectivity index (χ0v) is 8.29. The second kappa shape index (κ2) is 4.11. The Morgan fingerprint density at radius 3 is 2.50 bits per heavy atom. The molecule has 0 spiro atoms. The van der Waals surface area contributed by atoms with Crippen LogP contribution >= 0.6 is 11.8 Å². The molecule has 0 aliphatic heterocycles. The maximum atomic E-state index is 11.2. The Hall–Kier alpha value is -0.860. The third-order valence-electron chi connectivity index (χ3n) is 1.46. The smallest absolute Gasteiger partial charge is 0.256 e. The summed E-state index contributed by atoms with van der Waals surface area (Å²) in [5.41, 5.74) is -0.402. The normalized spacial score (nSPS) is 11.4. The van der Waals surface area contributed by atoms with E-state index in [0.29, 0.717) is 0 Å². The molecule has 0 bridgehead atoms. The fourth-order valence-electron chi connectivity index (χ4n) is 0.884. The molecule has 0 unspecified atom stereocenters. The highest BCUT2D eigenvalue weighted by Crippen LogP contribution is 2.23. The number of para-hydroxylation sites is 1. The van der Waals surface area contributed by atoms with Crippen molar-refractivity contribution in [2.24, 2.45) is 0 Å². The summed E-state index contributed by atoms with van der Waals surface area (Å²) in [5, 5.41) is 18.6. The average molecular weight is 238 g/mol. The second-order valence-electron chi connectivity index (χ2n) is 2.32. The minimum Gasteiger partial charge on any atom is -0.733 e. The molecule has 0 atom stereocenters. The molecular weight excluding hydrogens is 232 g/mol. The van der Waals surface area contributed by atoms with Gasteiger partial charge in [0.2, 0.25) is 0 Å². The summed E-state index contributed by atoms with van der Waals surface area (Å²) in [5.74, 6) is 0. The number of halogens is 1. The molecule has 14 heavy (non-hydrogen) atoms. The molecule has 78 valence electrons. The lowest BCUT2D eigenvalue weighted by Crippen LogP contribution is -2.18. The van der Waals surface area contributed by atoms with Crippen LogP contribution in [0.4, 0.5) is 5.69 Å². The van der Waals surface area contributed by atoms with E-state index in [-0.39, 0.29) is 0 Å². The summed E-state index contributed by atoms with van der Waals surface area (Å²) in [4.78, 5) is -0.396. The Bertz CT molecular complexity index is 420. The van der Waals surface area contributed by atoms with Gasteiger partial charge in [0.15, 0.2) is 0 Å². The molecule has 1 aromatic rings. The molecule has 1 aromatic carbocycles. The highest BCUT2D eigenvalue weighted by atomic mass is 35.5. The molecule has 1 rings (SSSR count). The van der Waals surface area contributed by atoms with E-state index in [9.17, 15) is 13.6 Å². The first-order valence-corrected chi connectivity index (χ1v) is 5.23. The van der Waals surface area contributed by atoms with Gasteiger partial charge in [0.25, 0.3) is 10.0 Å². The van der Waals surface area contributed by atoms with Crippen LogP contribution in [-0.4, -0.2) is 13.6 Å². The van der Waals surface area contributed by atoms with Crippen LogP contribution in [0.25, 0.3) is 0 Å². The zero-order chi connectivity index (χ0) is 10.8. The third kappa shape index (κ3) is 2.14. The van der Waals surface area contributed by atoms with Crippen molar-refractivity contribution in [2.45, 2.75) is 4.90 Å². The van der Waals surface area contributed by atoms with Crippen LogP contribution in [0.2, 0.25) is 0 Å². The molecule has 0 aliphatic carbocycles. The fourth-order valence-corrected chi connectivity index (χ4v) is 1.90. The minimum absolute atomic E-state index is 0.396. The maximum absolute atomic E-state index is 11.2. The first kappa shape index (κ1) is 11.2. The predicted octanol–water partition coefficient (Wildman–Crippen LogP) is 0.812. The highest BCUT2D eigenvalue weighted by Gasteiger charge is 2.17. The zero-order valence-electron chi connectivity index (χ0n) is 6.71. The van der Waals surface area contributed by atoms with Crippen molar-refractivity contribution in [1.82, 2.24) is 4.24 Å². The third-order valence-corrected chi connectivity index (χ3v) is 3.20. The van der Waals surface area contributed by atoms with Gasteiger partial charge in [-0.2, -0.15) is 0 Å². The summed E-state index contributed by atoms with van der Waals surface area (Å²) in [7, 11) is -3.96. The number of nitrogens with zero attached hydrogens (tertiary/aromatic N) is 1. The Balaban J connectivity index is 3.35. The largest absolute Gasteiger partial charge is 0.733 e. The topological polar surface area (TPSA) is 92.7 Å². The molecule has 0 radical (unpaired) electrons. The number of hydrogen-bond acceptors (Lipinski definition) is 5. The first-order valence-electron chi connectivity index (χ1n) is 3.36. The van der Waals surface area contributed by atoms with Gasteiger partial charge in [0, 0.05) is 0 Å². The highest BCUT2D eigenvalue weighted by molar-refractivity contribution is 7.90. The van der Waals surface area contributed by atoms with Crippen molar-refractivity contribution < 1.29 is 13.6 Å². The van der Waals surface area contributed by atoms with E-state index in [0.717, 1.165) is 12.1 Å². The van der Waals surface area contributed by atoms with Crippen LogP contribution in [0.5, 0.6) is 0 Å². The van der Waals surface area contributed by atoms with Crippen LogP contribution in [0.3, 0.4) is 0 Å². The molecule has 0 aliphatic rings. The van der Waals surface area contributed by atoms with E-state index in [1.54, 1.807) is 0 Å². The van der Waals surface area contributed by atoms with E-state index < -0.39 is 25.8 Å². The average Bonchev–Trinajstić information content (AvgIpc) is 2.18. The maximum Gasteiger partial charge on any atom is 0.256 e. The summed E-state index contributed by atoms with van der Waals surface area (Å²) in [6.07, 6.45) is 0. The van der Waals surface area contributed by atoms with Crippen molar-refractivity contribution in [1.29, 1.82) is 0 Å². The van der Waals surface area contributed by atoms with Gasteiger partial charge < -0.3 is 10.4 Å². The molecule has 0 amide bonds. The van der Waals surface area contributed by atoms with Gasteiger partial charge in [0.05, 0.1) is 5.69 Å². The first-order chi connectivity index (χ1) is 6.49. The van der Waals surface area contributed by atoms with Crippen LogP contribution < -0.4 is 9.47 Å². The van der Waals surface area contributed by atoms with Crippen molar-refractivity contribution >= 4 is 27.5 Å². The van der Waals surface area contributed by atoms with Gasteiger partial charge in [-0.25, -0.2) is 8.42 Å². The van der Waals surface area contributed by atoms with E-state index in [2.05, 4.69) is 0 Å². The minimum atomic E-state index is -3.96. The molecule has 0 aromatic heterocycles. The lowest BCUT2D eigenvalue weighted by molar-refractivity contribution is 0.294. The number of hydrogen-bond donors (Lipinski definition) is 2. The quantitative estimate of drug-likeness (QED) is 0.600. The Morgan fingerprint density at radius 1 is 1.43 bits per heavy atom. The number of benzene rings is 1. The number of nitrogens with one attached hydrogen (secondary N) is 1. The lowest BCUT2D eigenvalue weighted by atomic mass is 10.3. The van der Waals surface area contributed by atoms with Crippen LogP contribution in [0.15, 0.2) is 29.2 Å². The summed E-state index contributed by atoms with van der Waals surface area (Å²) in [6, 6.07) is 5.09. The summed E-state index contributed by atoms with van der Waals surface area (Å²) < 4.78 is 23.9. The van der Waals surface area contributed by atoms with Crippen LogP contribution in [0, 0.1) is 5.21 Å². The Labute approximate surface area is 85.4 Å². The van der Waals surface area contributed by atoms with Crippen molar-refractivity contribution in [3.63, 3.8) is 0 Å². The molecule has 0 heterocycles. The van der Waals surface area contributed by atoms with Crippen molar-refractivity contribution in [3.8, 4) is 0 Å². The van der Waals surface area contributed by atoms with Crippen molar-refractivity contribution in [3.05, 3.63) is 29.5 Å². The Kier molecular flexibility index (Phi) is 3.29. The molecule has 0 saturated heterocycles. The SMILES string of the molecule is O=S(=O)(NCl)c1ccccc1N([O-])O. The molecule has 0 saturated carbocycles. The monoisotopic (exact) mass is 237 g/mol. The second-order valence-corrected chi connectivity index (χ2v) is 4.39. The van der Waals surface area contributed by atoms with Gasteiger partial charge in [-0.3, -0.25) is 5.21 Å². The summed E-state index contributed by atoms with van der Waals surface area (Å²) in [6.45, 7) is 0. The van der Waals surface area contributed by atoms with E-state index in [4.69, 9.17) is 17.0 Å². The van der Waals surface area contributed by atoms with Crippen LogP contribution in [0.1, 0.15) is 0 Å². The van der Waals surface area contributed by atoms with E-state index >= 15 is 0 Å². The number of sulfonamides is 1. The summed E-state index contributed by atoms with van der Waals surface area (Å²) >= 11 is 4.96. The van der Waals surface area contributed by atoms with Crippen molar-refractivity contribution in [2.75, 3.05) is 5.23 Å². The standard InChI is InChI=1S/C6H6ClN2O4S/c7-8-14(12,13)6-4-2-1-3-5(6)9(10)11/h1-4,8,10H/q-1. The fraction of sp³-hybridized carbons (Fsp3) is 0. The molecular formula is C6H6ClN2O4S-. The van der Waals surface area contributed by atoms with E-state index in [1.165, 1.54) is 16.4 Å². The molecule has 2 N–H and O–H groups in total. The van der Waals surface area contributed by atoms with E-state index in [1.807, 2.05) is 0 Å². The van der Waals surface area contributed by atoms with Gasteiger partial charge in [-0.05, 0) is 23.9 Å². The molecule has 6 nitrogen and oxygen atoms in total. The predicted molar refractivity (Wildman–Crippen MR) is 50.2 cm³/mol. The van der Waals surface area contributed by atoms with Crippen LogP contribution in [-0.2, 0) is 10.0 Å². The Morgan fingerprint density at radius 2 is 2.00 bits per heavy atom. The molecule has 0 fully saturated rings. The molecule has 8 heteroatoms. The number of rotatable bonds is 3. The van der Waals surface area contributed by atoms with Gasteiger partial charge in [0.1, 0.15) is 4.90 Å². The van der Waals surface area contributed by atoms with Gasteiger partial charge in [-0.1, -0.05) is 12.1 Å². The van der Waals surface area contributed by atoms with Gasteiger partial charge in [-0.15, -0.1) is 4.24 Å². The number of anilines is 1. The van der Waals surface area contributed by atoms with Gasteiger partial charge >= 0.3 is 0 Å². The lowest BCUT2D eigenvalue weighted by Gasteiger charge is -2.23.